The molecule has 0 amide bonds. The Morgan fingerprint density at radius 1 is 0.846 bits per heavy atom. The van der Waals surface area contributed by atoms with E-state index in [1.165, 1.54) is 18.9 Å². The van der Waals surface area contributed by atoms with Crippen LogP contribution < -0.4 is 0 Å². The van der Waals surface area contributed by atoms with E-state index in [0.717, 1.165) is 38.2 Å². The average molecular weight is 360 g/mol. The van der Waals surface area contributed by atoms with E-state index in [4.69, 9.17) is 10.4 Å². The van der Waals surface area contributed by atoms with Crippen LogP contribution in [0.25, 0.3) is 0 Å². The summed E-state index contributed by atoms with van der Waals surface area (Å²) in [4.78, 5) is 14.8. The lowest BCUT2D eigenvalue weighted by atomic mass is 10.1. The van der Waals surface area contributed by atoms with Crippen LogP contribution >= 0.6 is 0 Å². The molecular formula is C22H32O4. The Kier molecular flexibility index (Phi) is 17.6. The monoisotopic (exact) mass is 360 g/mol. The van der Waals surface area contributed by atoms with Crippen LogP contribution in [0.15, 0.2) is 72.9 Å². The first-order chi connectivity index (χ1) is 12.7. The molecule has 2 N–H and O–H groups in total. The summed E-state index contributed by atoms with van der Waals surface area (Å²) >= 11 is 0. The molecule has 0 saturated heterocycles. The molecular weight excluding hydrogens is 328 g/mol. The first kappa shape index (κ1) is 23.8. The van der Waals surface area contributed by atoms with Gasteiger partial charge in [-0.15, -0.1) is 0 Å². The summed E-state index contributed by atoms with van der Waals surface area (Å²) < 4.78 is 0. The van der Waals surface area contributed by atoms with Crippen LogP contribution in [-0.4, -0.2) is 22.4 Å². The van der Waals surface area contributed by atoms with Crippen LogP contribution in [0.1, 0.15) is 51.9 Å². The molecule has 0 rings (SSSR count). The van der Waals surface area contributed by atoms with Crippen molar-refractivity contribution in [1.82, 2.24) is 0 Å². The fourth-order valence-electron chi connectivity index (χ4n) is 2.16. The van der Waals surface area contributed by atoms with E-state index < -0.39 is 5.97 Å². The smallest absolute Gasteiger partial charge is 0.328 e. The van der Waals surface area contributed by atoms with E-state index >= 15 is 0 Å². The highest BCUT2D eigenvalue weighted by Gasteiger charge is 2.07. The third kappa shape index (κ3) is 18.2. The van der Waals surface area contributed by atoms with Gasteiger partial charge in [-0.1, -0.05) is 93.0 Å². The lowest BCUT2D eigenvalue weighted by Gasteiger charge is -2.11. The van der Waals surface area contributed by atoms with Gasteiger partial charge < -0.3 is 5.11 Å². The SMILES string of the molecule is CCCCC[C@H](CCCC=CC=CC=CC=CC=CC=CC(=O)O)OO. The average Bonchev–Trinajstić information content (AvgIpc) is 2.63. The molecule has 0 spiro atoms. The highest BCUT2D eigenvalue weighted by atomic mass is 17.1. The van der Waals surface area contributed by atoms with Crippen LogP contribution in [0.3, 0.4) is 0 Å². The van der Waals surface area contributed by atoms with Gasteiger partial charge in [-0.25, -0.2) is 9.68 Å². The van der Waals surface area contributed by atoms with E-state index in [0.29, 0.717) is 0 Å². The van der Waals surface area contributed by atoms with Crippen molar-refractivity contribution in [2.75, 3.05) is 0 Å². The molecule has 0 aromatic carbocycles. The third-order valence-electron chi connectivity index (χ3n) is 3.55. The van der Waals surface area contributed by atoms with Gasteiger partial charge in [0.05, 0.1) is 6.10 Å². The van der Waals surface area contributed by atoms with Crippen molar-refractivity contribution in [2.45, 2.75) is 58.0 Å². The Morgan fingerprint density at radius 2 is 1.38 bits per heavy atom. The van der Waals surface area contributed by atoms with E-state index in [9.17, 15) is 4.79 Å². The van der Waals surface area contributed by atoms with Gasteiger partial charge in [-0.3, -0.25) is 5.26 Å². The molecule has 0 aliphatic carbocycles. The number of carboxylic acid groups (broad SMARTS) is 1. The molecule has 0 aliphatic rings. The van der Waals surface area contributed by atoms with Crippen molar-refractivity contribution in [3.63, 3.8) is 0 Å². The van der Waals surface area contributed by atoms with Crippen molar-refractivity contribution in [3.8, 4) is 0 Å². The minimum Gasteiger partial charge on any atom is -0.478 e. The Morgan fingerprint density at radius 3 is 1.92 bits per heavy atom. The Hall–Kier alpha value is -2.17. The van der Waals surface area contributed by atoms with Gasteiger partial charge >= 0.3 is 5.97 Å². The van der Waals surface area contributed by atoms with Gasteiger partial charge in [0, 0.05) is 6.08 Å². The van der Waals surface area contributed by atoms with Crippen molar-refractivity contribution in [1.29, 1.82) is 0 Å². The van der Waals surface area contributed by atoms with Gasteiger partial charge in [0.25, 0.3) is 0 Å². The zero-order valence-corrected chi connectivity index (χ0v) is 15.7. The van der Waals surface area contributed by atoms with Crippen molar-refractivity contribution < 1.29 is 20.0 Å². The number of carbonyl (C=O) groups is 1. The molecule has 26 heavy (non-hydrogen) atoms. The molecule has 4 heteroatoms. The third-order valence-corrected chi connectivity index (χ3v) is 3.55. The van der Waals surface area contributed by atoms with Crippen LogP contribution in [0.2, 0.25) is 0 Å². The van der Waals surface area contributed by atoms with Gasteiger partial charge in [0.2, 0.25) is 0 Å². The molecule has 0 fully saturated rings. The second-order valence-corrected chi connectivity index (χ2v) is 5.82. The standard InChI is InChI=1S/C22H32O4/c1-2-3-15-18-21(26-25)19-16-13-11-9-7-5-4-6-8-10-12-14-17-20-22(23)24/h4-12,14,17,20-21,25H,2-3,13,15-16,18-19H2,1H3,(H,23,24)/t21-/m1/s1. The Balaban J connectivity index is 3.79. The maximum absolute atomic E-state index is 10.2. The van der Waals surface area contributed by atoms with E-state index in [1.807, 2.05) is 42.5 Å². The van der Waals surface area contributed by atoms with Crippen LogP contribution in [-0.2, 0) is 9.68 Å². The zero-order chi connectivity index (χ0) is 19.3. The molecule has 0 heterocycles. The number of hydrogen-bond donors (Lipinski definition) is 2. The number of allylic oxidation sites excluding steroid dienone is 11. The van der Waals surface area contributed by atoms with Crippen molar-refractivity contribution >= 4 is 5.97 Å². The molecule has 4 nitrogen and oxygen atoms in total. The number of unbranched alkanes of at least 4 members (excludes halogenated alkanes) is 3. The van der Waals surface area contributed by atoms with Gasteiger partial charge in [0.15, 0.2) is 0 Å². The van der Waals surface area contributed by atoms with E-state index in [-0.39, 0.29) is 6.10 Å². The fourth-order valence-corrected chi connectivity index (χ4v) is 2.16. The number of carboxylic acids is 1. The summed E-state index contributed by atoms with van der Waals surface area (Å²) in [6.45, 7) is 2.17. The molecule has 0 radical (unpaired) electrons. The number of aliphatic carboxylic acids is 1. The Bertz CT molecular complexity index is 510. The largest absolute Gasteiger partial charge is 0.478 e. The molecule has 0 aromatic heterocycles. The van der Waals surface area contributed by atoms with E-state index in [1.54, 1.807) is 12.2 Å². The summed E-state index contributed by atoms with van der Waals surface area (Å²) in [6, 6.07) is 0. The quantitative estimate of drug-likeness (QED) is 0.123. The lowest BCUT2D eigenvalue weighted by molar-refractivity contribution is -0.281. The van der Waals surface area contributed by atoms with Gasteiger partial charge in [-0.05, 0) is 25.7 Å². The van der Waals surface area contributed by atoms with Crippen LogP contribution in [0, 0.1) is 0 Å². The summed E-state index contributed by atoms with van der Waals surface area (Å²) in [5.41, 5.74) is 0. The summed E-state index contributed by atoms with van der Waals surface area (Å²) in [5.74, 6) is -0.953. The van der Waals surface area contributed by atoms with E-state index in [2.05, 4.69) is 17.9 Å². The van der Waals surface area contributed by atoms with Gasteiger partial charge in [0.1, 0.15) is 0 Å². The first-order valence-corrected chi connectivity index (χ1v) is 9.23. The van der Waals surface area contributed by atoms with Crippen molar-refractivity contribution in [3.05, 3.63) is 72.9 Å². The Labute approximate surface area is 157 Å². The van der Waals surface area contributed by atoms with Crippen LogP contribution in [0.4, 0.5) is 0 Å². The maximum atomic E-state index is 10.2. The second-order valence-electron chi connectivity index (χ2n) is 5.82. The topological polar surface area (TPSA) is 66.8 Å². The maximum Gasteiger partial charge on any atom is 0.328 e. The molecule has 0 saturated carbocycles. The highest BCUT2D eigenvalue weighted by Crippen LogP contribution is 2.12. The predicted molar refractivity (Wildman–Crippen MR) is 108 cm³/mol. The van der Waals surface area contributed by atoms with Gasteiger partial charge in [-0.2, -0.15) is 0 Å². The molecule has 0 bridgehead atoms. The normalized spacial score (nSPS) is 14.2. The van der Waals surface area contributed by atoms with Crippen molar-refractivity contribution in [2.24, 2.45) is 0 Å². The molecule has 144 valence electrons. The number of rotatable bonds is 15. The molecule has 1 atom stereocenters. The second kappa shape index (κ2) is 19.2. The predicted octanol–water partition coefficient (Wildman–Crippen LogP) is 6.02. The number of hydrogen-bond acceptors (Lipinski definition) is 3. The molecule has 0 aliphatic heterocycles. The van der Waals surface area contributed by atoms with Crippen LogP contribution in [0.5, 0.6) is 0 Å². The molecule has 0 aromatic rings. The minimum atomic E-state index is -0.953. The molecule has 0 unspecified atom stereocenters. The summed E-state index contributed by atoms with van der Waals surface area (Å²) in [7, 11) is 0. The summed E-state index contributed by atoms with van der Waals surface area (Å²) in [5, 5.41) is 17.3. The highest BCUT2D eigenvalue weighted by molar-refractivity contribution is 5.80. The lowest BCUT2D eigenvalue weighted by Crippen LogP contribution is -2.10. The minimum absolute atomic E-state index is 0.0334. The summed E-state index contributed by atoms with van der Waals surface area (Å²) in [6.07, 6.45) is 28.7. The zero-order valence-electron chi connectivity index (χ0n) is 15.7. The fraction of sp³-hybridized carbons (Fsp3) is 0.409. The first-order valence-electron chi connectivity index (χ1n) is 9.23.